The van der Waals surface area contributed by atoms with Gasteiger partial charge in [-0.15, -0.1) is 11.3 Å². The summed E-state index contributed by atoms with van der Waals surface area (Å²) in [5, 5.41) is 6.72. The van der Waals surface area contributed by atoms with E-state index >= 15 is 0 Å². The smallest absolute Gasteiger partial charge is 0.107 e. The lowest BCUT2D eigenvalue weighted by Crippen LogP contribution is -2.36. The Hall–Kier alpha value is -0.450. The van der Waals surface area contributed by atoms with E-state index in [1.54, 1.807) is 18.4 Å². The number of nitrogens with one attached hydrogen (secondary N) is 1. The number of ether oxygens (including phenoxy) is 1. The van der Waals surface area contributed by atoms with Crippen molar-refractivity contribution >= 4 is 11.3 Å². The molecule has 1 rings (SSSR count). The van der Waals surface area contributed by atoms with Gasteiger partial charge in [0, 0.05) is 25.1 Å². The minimum atomic E-state index is 0.226. The molecule has 1 N–H and O–H groups in total. The van der Waals surface area contributed by atoms with Crippen LogP contribution in [0.4, 0.5) is 0 Å². The van der Waals surface area contributed by atoms with Gasteiger partial charge in [0.1, 0.15) is 5.01 Å². The summed E-state index contributed by atoms with van der Waals surface area (Å²) in [5.41, 5.74) is 1.19. The van der Waals surface area contributed by atoms with E-state index in [9.17, 15) is 0 Å². The number of methoxy groups -OCH3 is 1. The predicted octanol–water partition coefficient (Wildman–Crippen LogP) is 2.78. The number of rotatable bonds is 6. The van der Waals surface area contributed by atoms with Gasteiger partial charge >= 0.3 is 0 Å². The van der Waals surface area contributed by atoms with Crippen molar-refractivity contribution in [1.29, 1.82) is 0 Å². The average Bonchev–Trinajstić information content (AvgIpc) is 2.73. The molecule has 4 heteroatoms. The molecule has 0 aliphatic heterocycles. The van der Waals surface area contributed by atoms with Gasteiger partial charge in [-0.05, 0) is 19.8 Å². The van der Waals surface area contributed by atoms with Crippen LogP contribution < -0.4 is 5.32 Å². The van der Waals surface area contributed by atoms with Crippen molar-refractivity contribution in [3.8, 4) is 0 Å². The first-order valence-corrected chi connectivity index (χ1v) is 6.63. The van der Waals surface area contributed by atoms with Gasteiger partial charge in [-0.1, -0.05) is 13.8 Å². The lowest BCUT2D eigenvalue weighted by atomic mass is 10.2. The SMILES string of the molecule is COC(C)C(C)NCc1nc(C(C)C)cs1. The van der Waals surface area contributed by atoms with Crippen LogP contribution in [0.25, 0.3) is 0 Å². The molecule has 0 radical (unpaired) electrons. The zero-order chi connectivity index (χ0) is 12.1. The molecule has 1 aromatic rings. The number of hydrogen-bond acceptors (Lipinski definition) is 4. The summed E-state index contributed by atoms with van der Waals surface area (Å²) in [5.74, 6) is 0.514. The molecule has 0 saturated heterocycles. The van der Waals surface area contributed by atoms with Crippen molar-refractivity contribution in [2.24, 2.45) is 0 Å². The molecule has 16 heavy (non-hydrogen) atoms. The molecular formula is C12H22N2OS. The fraction of sp³-hybridized carbons (Fsp3) is 0.750. The fourth-order valence-electron chi connectivity index (χ4n) is 1.29. The highest BCUT2D eigenvalue weighted by Crippen LogP contribution is 2.17. The van der Waals surface area contributed by atoms with E-state index in [2.05, 4.69) is 43.4 Å². The minimum absolute atomic E-state index is 0.226. The van der Waals surface area contributed by atoms with E-state index in [-0.39, 0.29) is 6.10 Å². The maximum Gasteiger partial charge on any atom is 0.107 e. The van der Waals surface area contributed by atoms with Crippen molar-refractivity contribution in [2.75, 3.05) is 7.11 Å². The second-order valence-electron chi connectivity index (χ2n) is 4.43. The Morgan fingerprint density at radius 1 is 1.38 bits per heavy atom. The highest BCUT2D eigenvalue weighted by Gasteiger charge is 2.11. The third-order valence-electron chi connectivity index (χ3n) is 2.81. The van der Waals surface area contributed by atoms with Crippen LogP contribution in [0, 0.1) is 0 Å². The number of nitrogens with zero attached hydrogens (tertiary/aromatic N) is 1. The van der Waals surface area contributed by atoms with Crippen molar-refractivity contribution in [2.45, 2.75) is 52.3 Å². The topological polar surface area (TPSA) is 34.1 Å². The van der Waals surface area contributed by atoms with Crippen molar-refractivity contribution in [1.82, 2.24) is 10.3 Å². The molecule has 92 valence electrons. The molecule has 0 aromatic carbocycles. The van der Waals surface area contributed by atoms with Crippen molar-refractivity contribution in [3.63, 3.8) is 0 Å². The molecule has 0 spiro atoms. The van der Waals surface area contributed by atoms with Crippen LogP contribution in [-0.2, 0) is 11.3 Å². The van der Waals surface area contributed by atoms with E-state index in [1.165, 1.54) is 5.69 Å². The molecule has 3 nitrogen and oxygen atoms in total. The van der Waals surface area contributed by atoms with Gasteiger partial charge in [0.25, 0.3) is 0 Å². The average molecular weight is 242 g/mol. The van der Waals surface area contributed by atoms with Gasteiger partial charge in [-0.2, -0.15) is 0 Å². The Labute approximate surface area is 102 Å². The Morgan fingerprint density at radius 3 is 2.56 bits per heavy atom. The molecule has 2 unspecified atom stereocenters. The Kier molecular flexibility index (Phi) is 5.38. The second kappa shape index (κ2) is 6.33. The maximum atomic E-state index is 5.26. The van der Waals surface area contributed by atoms with Gasteiger partial charge in [0.2, 0.25) is 0 Å². The maximum absolute atomic E-state index is 5.26. The zero-order valence-electron chi connectivity index (χ0n) is 10.8. The lowest BCUT2D eigenvalue weighted by Gasteiger charge is -2.19. The summed E-state index contributed by atoms with van der Waals surface area (Å²) in [6, 6.07) is 0.344. The molecule has 0 aliphatic rings. The van der Waals surface area contributed by atoms with Crippen LogP contribution in [0.1, 0.15) is 44.3 Å². The fourth-order valence-corrected chi connectivity index (χ4v) is 2.20. The molecule has 0 bridgehead atoms. The molecule has 1 heterocycles. The van der Waals surface area contributed by atoms with Gasteiger partial charge in [0.05, 0.1) is 11.8 Å². The third-order valence-corrected chi connectivity index (χ3v) is 3.68. The minimum Gasteiger partial charge on any atom is -0.380 e. The molecule has 0 aliphatic carbocycles. The summed E-state index contributed by atoms with van der Waals surface area (Å²) in [6.45, 7) is 9.36. The van der Waals surface area contributed by atoms with Gasteiger partial charge in [0.15, 0.2) is 0 Å². The van der Waals surface area contributed by atoms with Crippen LogP contribution in [0.5, 0.6) is 0 Å². The molecule has 0 fully saturated rings. The largest absolute Gasteiger partial charge is 0.380 e. The molecule has 0 amide bonds. The quantitative estimate of drug-likeness (QED) is 0.833. The normalized spacial score (nSPS) is 15.4. The lowest BCUT2D eigenvalue weighted by molar-refractivity contribution is 0.0882. The molecule has 2 atom stereocenters. The standard InChI is InChI=1S/C12H22N2OS/c1-8(2)11-7-16-12(14-11)6-13-9(3)10(4)15-5/h7-10,13H,6H2,1-5H3. The Bertz CT molecular complexity index is 312. The van der Waals surface area contributed by atoms with Crippen molar-refractivity contribution in [3.05, 3.63) is 16.1 Å². The number of hydrogen-bond donors (Lipinski definition) is 1. The first-order chi connectivity index (χ1) is 7.54. The zero-order valence-corrected chi connectivity index (χ0v) is 11.6. The van der Waals surface area contributed by atoms with Gasteiger partial charge < -0.3 is 10.1 Å². The second-order valence-corrected chi connectivity index (χ2v) is 5.37. The molecule has 0 saturated carbocycles. The highest BCUT2D eigenvalue weighted by atomic mass is 32.1. The van der Waals surface area contributed by atoms with Crippen LogP contribution >= 0.6 is 11.3 Å². The molecular weight excluding hydrogens is 220 g/mol. The predicted molar refractivity (Wildman–Crippen MR) is 69.0 cm³/mol. The Morgan fingerprint density at radius 2 is 2.06 bits per heavy atom. The van der Waals surface area contributed by atoms with E-state index in [0.29, 0.717) is 12.0 Å². The van der Waals surface area contributed by atoms with Crippen LogP contribution in [0.2, 0.25) is 0 Å². The summed E-state index contributed by atoms with van der Waals surface area (Å²) in [7, 11) is 1.74. The first kappa shape index (κ1) is 13.6. The Balaban J connectivity index is 2.42. The summed E-state index contributed by atoms with van der Waals surface area (Å²) < 4.78 is 5.26. The van der Waals surface area contributed by atoms with Gasteiger partial charge in [-0.25, -0.2) is 4.98 Å². The van der Waals surface area contributed by atoms with E-state index in [0.717, 1.165) is 11.6 Å². The van der Waals surface area contributed by atoms with E-state index in [1.807, 2.05) is 0 Å². The summed E-state index contributed by atoms with van der Waals surface area (Å²) in [6.07, 6.45) is 0.226. The monoisotopic (exact) mass is 242 g/mol. The summed E-state index contributed by atoms with van der Waals surface area (Å²) >= 11 is 1.72. The summed E-state index contributed by atoms with van der Waals surface area (Å²) in [4.78, 5) is 4.58. The van der Waals surface area contributed by atoms with Crippen molar-refractivity contribution < 1.29 is 4.74 Å². The highest BCUT2D eigenvalue weighted by molar-refractivity contribution is 7.09. The number of aromatic nitrogens is 1. The van der Waals surface area contributed by atoms with Crippen LogP contribution in [0.3, 0.4) is 0 Å². The van der Waals surface area contributed by atoms with Crippen LogP contribution in [0.15, 0.2) is 5.38 Å². The van der Waals surface area contributed by atoms with E-state index < -0.39 is 0 Å². The molecule has 1 aromatic heterocycles. The van der Waals surface area contributed by atoms with Crippen LogP contribution in [-0.4, -0.2) is 24.2 Å². The third kappa shape index (κ3) is 3.85. The first-order valence-electron chi connectivity index (χ1n) is 5.75. The van der Waals surface area contributed by atoms with E-state index in [4.69, 9.17) is 4.74 Å². The van der Waals surface area contributed by atoms with Gasteiger partial charge in [-0.3, -0.25) is 0 Å². The number of thiazole rings is 1.